The minimum absolute atomic E-state index is 0.0424. The Bertz CT molecular complexity index is 673. The summed E-state index contributed by atoms with van der Waals surface area (Å²) in [6, 6.07) is 0.190. The molecular formula is C14H20N3OS+. The van der Waals surface area contributed by atoms with Crippen LogP contribution in [0.15, 0.2) is 4.79 Å². The molecule has 1 aliphatic carbocycles. The molecule has 0 bridgehead atoms. The van der Waals surface area contributed by atoms with Gasteiger partial charge in [0.2, 0.25) is 0 Å². The van der Waals surface area contributed by atoms with E-state index in [1.807, 2.05) is 7.05 Å². The summed E-state index contributed by atoms with van der Waals surface area (Å²) in [6.45, 7) is 4.34. The second-order valence-electron chi connectivity index (χ2n) is 5.61. The summed E-state index contributed by atoms with van der Waals surface area (Å²) in [7, 11) is 2.00. The summed E-state index contributed by atoms with van der Waals surface area (Å²) >= 11 is 1.71. The summed E-state index contributed by atoms with van der Waals surface area (Å²) < 4.78 is 0. The Morgan fingerprint density at radius 1 is 1.53 bits per heavy atom. The van der Waals surface area contributed by atoms with E-state index in [9.17, 15) is 4.79 Å². The number of thiophene rings is 1. The number of hydrogen-bond donors (Lipinski definition) is 2. The van der Waals surface area contributed by atoms with Crippen molar-refractivity contribution in [2.75, 3.05) is 7.05 Å². The van der Waals surface area contributed by atoms with Crippen LogP contribution < -0.4 is 10.9 Å². The van der Waals surface area contributed by atoms with Gasteiger partial charge in [0.15, 0.2) is 5.82 Å². The number of nitrogens with zero attached hydrogens (tertiary/aromatic N) is 1. The van der Waals surface area contributed by atoms with Gasteiger partial charge in [0, 0.05) is 4.88 Å². The van der Waals surface area contributed by atoms with Gasteiger partial charge in [0.25, 0.3) is 5.56 Å². The van der Waals surface area contributed by atoms with Crippen LogP contribution in [0.5, 0.6) is 0 Å². The molecule has 4 nitrogen and oxygen atoms in total. The van der Waals surface area contributed by atoms with Crippen LogP contribution in [0.1, 0.15) is 42.6 Å². The Morgan fingerprint density at radius 2 is 2.32 bits per heavy atom. The molecule has 2 aromatic heterocycles. The summed E-state index contributed by atoms with van der Waals surface area (Å²) in [4.78, 5) is 22.3. The first-order valence-corrected chi connectivity index (χ1v) is 7.75. The van der Waals surface area contributed by atoms with Crippen molar-refractivity contribution < 1.29 is 5.32 Å². The highest BCUT2D eigenvalue weighted by Crippen LogP contribution is 2.35. The van der Waals surface area contributed by atoms with Gasteiger partial charge in [-0.2, -0.15) is 0 Å². The van der Waals surface area contributed by atoms with E-state index < -0.39 is 0 Å². The third kappa shape index (κ3) is 2.11. The maximum atomic E-state index is 12.3. The quantitative estimate of drug-likeness (QED) is 0.871. The van der Waals surface area contributed by atoms with Crippen LogP contribution in [0.3, 0.4) is 0 Å². The molecule has 2 atom stereocenters. The first kappa shape index (κ1) is 12.8. The van der Waals surface area contributed by atoms with E-state index >= 15 is 0 Å². The van der Waals surface area contributed by atoms with Crippen LogP contribution in [0.4, 0.5) is 0 Å². The molecule has 3 rings (SSSR count). The molecule has 5 heteroatoms. The number of nitrogens with one attached hydrogen (secondary N) is 1. The van der Waals surface area contributed by atoms with Crippen LogP contribution in [-0.2, 0) is 12.8 Å². The fraction of sp³-hybridized carbons (Fsp3) is 0.571. The minimum Gasteiger partial charge on any atom is -0.340 e. The van der Waals surface area contributed by atoms with Gasteiger partial charge >= 0.3 is 0 Å². The second-order valence-corrected chi connectivity index (χ2v) is 6.69. The Balaban J connectivity index is 2.19. The molecular weight excluding hydrogens is 258 g/mol. The Labute approximate surface area is 116 Å². The van der Waals surface area contributed by atoms with Crippen molar-refractivity contribution >= 4 is 21.6 Å². The minimum atomic E-state index is 0.0424. The number of rotatable bonds is 2. The summed E-state index contributed by atoms with van der Waals surface area (Å²) in [6.07, 6.45) is 3.30. The lowest BCUT2D eigenvalue weighted by Crippen LogP contribution is -2.80. The van der Waals surface area contributed by atoms with E-state index in [1.165, 1.54) is 16.9 Å². The lowest BCUT2D eigenvalue weighted by Gasteiger charge is -2.17. The van der Waals surface area contributed by atoms with Gasteiger partial charge in [-0.1, -0.05) is 6.92 Å². The third-order valence-electron chi connectivity index (χ3n) is 4.12. The Hall–Kier alpha value is -1.20. The van der Waals surface area contributed by atoms with Crippen LogP contribution in [0.25, 0.3) is 10.2 Å². The van der Waals surface area contributed by atoms with Gasteiger partial charge in [0.05, 0.1) is 12.4 Å². The molecule has 2 aromatic rings. The monoisotopic (exact) mass is 278 g/mol. The molecule has 0 radical (unpaired) electrons. The molecule has 0 spiro atoms. The highest BCUT2D eigenvalue weighted by Gasteiger charge is 2.23. The number of fused-ring (bicyclic) bond motifs is 3. The molecule has 0 unspecified atom stereocenters. The molecule has 0 aliphatic heterocycles. The van der Waals surface area contributed by atoms with Crippen molar-refractivity contribution in [3.8, 4) is 0 Å². The molecule has 102 valence electrons. The number of H-pyrrole nitrogens is 1. The molecule has 0 amide bonds. The van der Waals surface area contributed by atoms with Crippen LogP contribution in [-0.4, -0.2) is 17.0 Å². The van der Waals surface area contributed by atoms with Gasteiger partial charge in [-0.3, -0.25) is 4.79 Å². The molecule has 0 saturated carbocycles. The van der Waals surface area contributed by atoms with Gasteiger partial charge in [-0.25, -0.2) is 4.98 Å². The number of aryl methyl sites for hydroxylation is 1. The first-order valence-electron chi connectivity index (χ1n) is 6.94. The maximum Gasteiger partial charge on any atom is 0.260 e. The zero-order chi connectivity index (χ0) is 13.6. The fourth-order valence-corrected chi connectivity index (χ4v) is 4.13. The van der Waals surface area contributed by atoms with Gasteiger partial charge < -0.3 is 10.3 Å². The van der Waals surface area contributed by atoms with Crippen molar-refractivity contribution in [1.29, 1.82) is 0 Å². The number of aromatic amines is 1. The largest absolute Gasteiger partial charge is 0.340 e. The van der Waals surface area contributed by atoms with Crippen molar-refractivity contribution in [2.45, 2.75) is 39.2 Å². The van der Waals surface area contributed by atoms with E-state index in [4.69, 9.17) is 0 Å². The molecule has 2 heterocycles. The lowest BCUT2D eigenvalue weighted by atomic mass is 9.89. The SMILES string of the molecule is C[NH2+][C@@H](C)c1nc2sc3c(c2c(=O)[nH]1)CC[C@@H](C)C3. The molecule has 19 heavy (non-hydrogen) atoms. The number of quaternary nitrogens is 1. The molecule has 0 aromatic carbocycles. The number of aromatic nitrogens is 2. The van der Waals surface area contributed by atoms with Gasteiger partial charge in [0.1, 0.15) is 10.9 Å². The average molecular weight is 278 g/mol. The Morgan fingerprint density at radius 3 is 3.05 bits per heavy atom. The Kier molecular flexibility index (Phi) is 3.19. The number of nitrogens with two attached hydrogens (primary N) is 1. The first-order chi connectivity index (χ1) is 9.10. The van der Waals surface area contributed by atoms with Crippen molar-refractivity contribution in [3.05, 3.63) is 26.6 Å². The third-order valence-corrected chi connectivity index (χ3v) is 5.26. The zero-order valence-corrected chi connectivity index (χ0v) is 12.4. The predicted octanol–water partition coefficient (Wildman–Crippen LogP) is 1.36. The summed E-state index contributed by atoms with van der Waals surface area (Å²) in [5.74, 6) is 1.51. The van der Waals surface area contributed by atoms with Gasteiger partial charge in [-0.15, -0.1) is 11.3 Å². The van der Waals surface area contributed by atoms with Crippen molar-refractivity contribution in [3.63, 3.8) is 0 Å². The topological polar surface area (TPSA) is 62.4 Å². The molecule has 1 aliphatic rings. The maximum absolute atomic E-state index is 12.3. The van der Waals surface area contributed by atoms with Crippen LogP contribution in [0.2, 0.25) is 0 Å². The highest BCUT2D eigenvalue weighted by atomic mass is 32.1. The lowest BCUT2D eigenvalue weighted by molar-refractivity contribution is -0.667. The van der Waals surface area contributed by atoms with Crippen molar-refractivity contribution in [1.82, 2.24) is 9.97 Å². The normalized spacial score (nSPS) is 20.5. The summed E-state index contributed by atoms with van der Waals surface area (Å²) in [5, 5.41) is 2.90. The molecule has 0 fully saturated rings. The van der Waals surface area contributed by atoms with E-state index in [-0.39, 0.29) is 11.6 Å². The highest BCUT2D eigenvalue weighted by molar-refractivity contribution is 7.18. The van der Waals surface area contributed by atoms with Gasteiger partial charge in [-0.05, 0) is 37.7 Å². The smallest absolute Gasteiger partial charge is 0.260 e. The number of hydrogen-bond acceptors (Lipinski definition) is 3. The summed E-state index contributed by atoms with van der Waals surface area (Å²) in [5.41, 5.74) is 1.30. The second kappa shape index (κ2) is 4.72. The van der Waals surface area contributed by atoms with Crippen LogP contribution >= 0.6 is 11.3 Å². The van der Waals surface area contributed by atoms with E-state index in [0.717, 1.165) is 34.8 Å². The average Bonchev–Trinajstić information content (AvgIpc) is 2.75. The van der Waals surface area contributed by atoms with Crippen molar-refractivity contribution in [2.24, 2.45) is 5.92 Å². The van der Waals surface area contributed by atoms with E-state index in [2.05, 4.69) is 29.1 Å². The fourth-order valence-electron chi connectivity index (χ4n) is 2.74. The predicted molar refractivity (Wildman–Crippen MR) is 77.7 cm³/mol. The van der Waals surface area contributed by atoms with E-state index in [1.54, 1.807) is 11.3 Å². The van der Waals surface area contributed by atoms with E-state index in [0.29, 0.717) is 0 Å². The molecule has 0 saturated heterocycles. The zero-order valence-electron chi connectivity index (χ0n) is 11.6. The molecule has 3 N–H and O–H groups in total. The standard InChI is InChI=1S/C14H19N3OS/c1-7-4-5-9-10(6-7)19-14-11(9)13(18)16-12(17-14)8(2)15-3/h7-8,15H,4-6H2,1-3H3,(H,16,17,18)/p+1/t7-,8+/m1/s1. The van der Waals surface area contributed by atoms with Crippen LogP contribution in [0, 0.1) is 5.92 Å².